The number of halogens is 1. The highest BCUT2D eigenvalue weighted by molar-refractivity contribution is 9.10. The zero-order valence-electron chi connectivity index (χ0n) is 13.0. The van der Waals surface area contributed by atoms with E-state index in [2.05, 4.69) is 35.0 Å². The lowest BCUT2D eigenvalue weighted by Gasteiger charge is -2.32. The zero-order valence-corrected chi connectivity index (χ0v) is 14.6. The molecular weight excluding hydrogens is 326 g/mol. The molecule has 1 aliphatic heterocycles. The van der Waals surface area contributed by atoms with Gasteiger partial charge in [-0.05, 0) is 36.1 Å². The summed E-state index contributed by atoms with van der Waals surface area (Å²) in [6.45, 7) is 4.86. The summed E-state index contributed by atoms with van der Waals surface area (Å²) in [4.78, 5) is 14.0. The van der Waals surface area contributed by atoms with E-state index in [1.54, 1.807) is 6.92 Å². The van der Waals surface area contributed by atoms with E-state index in [1.807, 2.05) is 11.0 Å². The molecule has 0 aromatic heterocycles. The Bertz CT molecular complexity index is 550. The van der Waals surface area contributed by atoms with Crippen molar-refractivity contribution in [2.75, 3.05) is 11.4 Å². The lowest BCUT2D eigenvalue weighted by Crippen LogP contribution is -2.35. The van der Waals surface area contributed by atoms with Crippen molar-refractivity contribution in [3.8, 4) is 0 Å². The summed E-state index contributed by atoms with van der Waals surface area (Å²) in [7, 11) is 0. The summed E-state index contributed by atoms with van der Waals surface area (Å²) in [6, 6.07) is 6.36. The van der Waals surface area contributed by atoms with Gasteiger partial charge in [0.15, 0.2) is 0 Å². The van der Waals surface area contributed by atoms with Crippen LogP contribution in [0.3, 0.4) is 0 Å². The normalized spacial score (nSPS) is 26.0. The highest BCUT2D eigenvalue weighted by atomic mass is 79.9. The van der Waals surface area contributed by atoms with E-state index in [1.165, 1.54) is 44.1 Å². The maximum absolute atomic E-state index is 12.0. The Kier molecular flexibility index (Phi) is 4.13. The molecule has 1 aromatic carbocycles. The molecule has 1 fully saturated rings. The van der Waals surface area contributed by atoms with Crippen LogP contribution in [0.1, 0.15) is 57.9 Å². The summed E-state index contributed by atoms with van der Waals surface area (Å²) in [5.41, 5.74) is 2.56. The van der Waals surface area contributed by atoms with Gasteiger partial charge in [-0.3, -0.25) is 4.79 Å². The second kappa shape index (κ2) is 5.75. The summed E-state index contributed by atoms with van der Waals surface area (Å²) >= 11 is 3.60. The van der Waals surface area contributed by atoms with Crippen molar-refractivity contribution >= 4 is 27.5 Å². The molecule has 1 aliphatic carbocycles. The molecule has 0 saturated heterocycles. The smallest absolute Gasteiger partial charge is 0.223 e. The molecular formula is C18H24BrNO. The van der Waals surface area contributed by atoms with Crippen molar-refractivity contribution in [1.82, 2.24) is 0 Å². The molecule has 2 nitrogen and oxygen atoms in total. The number of hydrogen-bond acceptors (Lipinski definition) is 1. The molecule has 21 heavy (non-hydrogen) atoms. The Hall–Kier alpha value is -0.830. The van der Waals surface area contributed by atoms with E-state index in [9.17, 15) is 4.79 Å². The lowest BCUT2D eigenvalue weighted by atomic mass is 9.73. The predicted octanol–water partition coefficient (Wildman–Crippen LogP) is 5.04. The lowest BCUT2D eigenvalue weighted by molar-refractivity contribution is -0.116. The van der Waals surface area contributed by atoms with Gasteiger partial charge in [0.05, 0.1) is 0 Å². The van der Waals surface area contributed by atoms with Crippen molar-refractivity contribution in [3.63, 3.8) is 0 Å². The molecule has 0 radical (unpaired) electrons. The van der Waals surface area contributed by atoms with Gasteiger partial charge < -0.3 is 4.90 Å². The van der Waals surface area contributed by atoms with Crippen LogP contribution < -0.4 is 4.90 Å². The number of benzene rings is 1. The molecule has 1 aromatic rings. The number of hydrogen-bond donors (Lipinski definition) is 0. The summed E-state index contributed by atoms with van der Waals surface area (Å²) in [5, 5.41) is 0. The third-order valence-electron chi connectivity index (χ3n) is 5.25. The number of fused-ring (bicyclic) bond motifs is 1. The van der Waals surface area contributed by atoms with Crippen molar-refractivity contribution in [3.05, 3.63) is 28.2 Å². The molecule has 1 amide bonds. The number of anilines is 1. The van der Waals surface area contributed by atoms with E-state index >= 15 is 0 Å². The molecule has 1 heterocycles. The maximum atomic E-state index is 12.0. The Morgan fingerprint density at radius 3 is 2.71 bits per heavy atom. The minimum absolute atomic E-state index is 0.104. The van der Waals surface area contributed by atoms with Crippen LogP contribution in [0.2, 0.25) is 0 Å². The Morgan fingerprint density at radius 1 is 1.33 bits per heavy atom. The molecule has 1 atom stereocenters. The fourth-order valence-electron chi connectivity index (χ4n) is 4.23. The number of rotatable bonds is 2. The fourth-order valence-corrected chi connectivity index (χ4v) is 4.59. The quantitative estimate of drug-likeness (QED) is 0.731. The van der Waals surface area contributed by atoms with Crippen LogP contribution in [0, 0.1) is 5.92 Å². The van der Waals surface area contributed by atoms with Crippen LogP contribution in [0.15, 0.2) is 22.7 Å². The molecule has 114 valence electrons. The summed E-state index contributed by atoms with van der Waals surface area (Å²) in [5.74, 6) is 0.980. The van der Waals surface area contributed by atoms with Gasteiger partial charge >= 0.3 is 0 Å². The van der Waals surface area contributed by atoms with Gasteiger partial charge in [-0.25, -0.2) is 0 Å². The van der Waals surface area contributed by atoms with Crippen LogP contribution in [0.4, 0.5) is 5.69 Å². The van der Waals surface area contributed by atoms with Crippen molar-refractivity contribution < 1.29 is 4.79 Å². The van der Waals surface area contributed by atoms with Crippen molar-refractivity contribution in [2.45, 2.75) is 57.8 Å². The number of carbonyl (C=O) groups is 1. The summed E-state index contributed by atoms with van der Waals surface area (Å²) < 4.78 is 1.11. The van der Waals surface area contributed by atoms with Gasteiger partial charge in [0, 0.05) is 29.0 Å². The molecule has 1 unspecified atom stereocenters. The third-order valence-corrected chi connectivity index (χ3v) is 5.74. The van der Waals surface area contributed by atoms with Crippen LogP contribution in [-0.2, 0) is 10.2 Å². The van der Waals surface area contributed by atoms with Crippen LogP contribution in [0.25, 0.3) is 0 Å². The maximum Gasteiger partial charge on any atom is 0.223 e. The predicted molar refractivity (Wildman–Crippen MR) is 90.7 cm³/mol. The average molecular weight is 350 g/mol. The second-order valence-corrected chi connectivity index (χ2v) is 7.95. The molecule has 2 aliphatic rings. The monoisotopic (exact) mass is 349 g/mol. The molecule has 3 heteroatoms. The van der Waals surface area contributed by atoms with Crippen LogP contribution in [0.5, 0.6) is 0 Å². The first-order valence-electron chi connectivity index (χ1n) is 8.08. The molecule has 0 bridgehead atoms. The molecule has 0 N–H and O–H groups in total. The summed E-state index contributed by atoms with van der Waals surface area (Å²) in [6.07, 6.45) is 8.08. The van der Waals surface area contributed by atoms with Gasteiger partial charge in [-0.1, -0.05) is 55.0 Å². The SMILES string of the molecule is CC(=O)N1CC(C)(CC2CCCCC2)c2cc(Br)ccc21. The first kappa shape index (κ1) is 15.1. The van der Waals surface area contributed by atoms with Crippen LogP contribution in [-0.4, -0.2) is 12.5 Å². The van der Waals surface area contributed by atoms with E-state index in [4.69, 9.17) is 0 Å². The Morgan fingerprint density at radius 2 is 2.05 bits per heavy atom. The van der Waals surface area contributed by atoms with Crippen molar-refractivity contribution in [2.24, 2.45) is 5.92 Å². The highest BCUT2D eigenvalue weighted by Crippen LogP contribution is 2.47. The Labute approximate surface area is 136 Å². The Balaban J connectivity index is 1.92. The third kappa shape index (κ3) is 2.90. The van der Waals surface area contributed by atoms with E-state index < -0.39 is 0 Å². The fraction of sp³-hybridized carbons (Fsp3) is 0.611. The van der Waals surface area contributed by atoms with Gasteiger partial charge in [0.2, 0.25) is 5.91 Å². The second-order valence-electron chi connectivity index (χ2n) is 7.04. The average Bonchev–Trinajstić information content (AvgIpc) is 2.73. The van der Waals surface area contributed by atoms with Gasteiger partial charge in [0.25, 0.3) is 0 Å². The first-order chi connectivity index (χ1) is 9.99. The van der Waals surface area contributed by atoms with E-state index in [0.717, 1.165) is 22.6 Å². The van der Waals surface area contributed by atoms with Gasteiger partial charge in [0.1, 0.15) is 0 Å². The standard InChI is InChI=1S/C18H24BrNO/c1-13(21)20-12-18(2,11-14-6-4-3-5-7-14)16-10-15(19)8-9-17(16)20/h8-10,14H,3-7,11-12H2,1-2H3. The van der Waals surface area contributed by atoms with Gasteiger partial charge in [-0.15, -0.1) is 0 Å². The largest absolute Gasteiger partial charge is 0.311 e. The van der Waals surface area contributed by atoms with E-state index in [0.29, 0.717) is 0 Å². The van der Waals surface area contributed by atoms with E-state index in [-0.39, 0.29) is 11.3 Å². The highest BCUT2D eigenvalue weighted by Gasteiger charge is 2.41. The zero-order chi connectivity index (χ0) is 15.0. The minimum atomic E-state index is 0.104. The number of carbonyl (C=O) groups excluding carboxylic acids is 1. The topological polar surface area (TPSA) is 20.3 Å². The van der Waals surface area contributed by atoms with Gasteiger partial charge in [-0.2, -0.15) is 0 Å². The number of amides is 1. The minimum Gasteiger partial charge on any atom is -0.311 e. The van der Waals surface area contributed by atoms with Crippen LogP contribution >= 0.6 is 15.9 Å². The van der Waals surface area contributed by atoms with Crippen molar-refractivity contribution in [1.29, 1.82) is 0 Å². The first-order valence-corrected chi connectivity index (χ1v) is 8.87. The molecule has 0 spiro atoms. The molecule has 3 rings (SSSR count). The molecule has 1 saturated carbocycles. The number of nitrogens with zero attached hydrogens (tertiary/aromatic N) is 1.